The number of hydrogen-bond acceptors (Lipinski definition) is 2. The maximum absolute atomic E-state index is 5.83. The van der Waals surface area contributed by atoms with Crippen LogP contribution < -0.4 is 10.5 Å². The lowest BCUT2D eigenvalue weighted by atomic mass is 9.99. The smallest absolute Gasteiger partial charge is 0.122 e. The molecule has 0 aliphatic rings. The van der Waals surface area contributed by atoms with Crippen molar-refractivity contribution in [2.24, 2.45) is 5.73 Å². The highest BCUT2D eigenvalue weighted by molar-refractivity contribution is 5.41. The molecule has 1 aromatic rings. The van der Waals surface area contributed by atoms with Gasteiger partial charge < -0.3 is 10.5 Å². The molecule has 0 spiro atoms. The molecule has 1 aromatic carbocycles. The molecule has 0 aromatic heterocycles. The van der Waals surface area contributed by atoms with E-state index in [2.05, 4.69) is 32.9 Å². The molecule has 0 saturated carbocycles. The lowest BCUT2D eigenvalue weighted by Gasteiger charge is -2.14. The number of rotatable bonds is 5. The second-order valence-corrected chi connectivity index (χ2v) is 4.57. The lowest BCUT2D eigenvalue weighted by molar-refractivity contribution is 0.315. The number of ether oxygens (including phenoxy) is 1. The molecule has 2 heteroatoms. The van der Waals surface area contributed by atoms with E-state index in [9.17, 15) is 0 Å². The van der Waals surface area contributed by atoms with Gasteiger partial charge in [0.15, 0.2) is 0 Å². The number of aryl methyl sites for hydroxylation is 2. The summed E-state index contributed by atoms with van der Waals surface area (Å²) in [6, 6.07) is 4.53. The van der Waals surface area contributed by atoms with Crippen LogP contribution in [0.4, 0.5) is 0 Å². The van der Waals surface area contributed by atoms with Crippen molar-refractivity contribution in [1.29, 1.82) is 0 Å². The lowest BCUT2D eigenvalue weighted by Crippen LogP contribution is -2.18. The summed E-state index contributed by atoms with van der Waals surface area (Å²) in [4.78, 5) is 0. The van der Waals surface area contributed by atoms with E-state index >= 15 is 0 Å². The Morgan fingerprint density at radius 1 is 1.25 bits per heavy atom. The quantitative estimate of drug-likeness (QED) is 0.829. The Morgan fingerprint density at radius 3 is 2.50 bits per heavy atom. The Hall–Kier alpha value is -1.02. The van der Waals surface area contributed by atoms with Crippen LogP contribution in [0.5, 0.6) is 5.75 Å². The summed E-state index contributed by atoms with van der Waals surface area (Å²) in [6.45, 7) is 9.15. The summed E-state index contributed by atoms with van der Waals surface area (Å²) in [5, 5.41) is 0. The van der Waals surface area contributed by atoms with Crippen molar-refractivity contribution in [3.63, 3.8) is 0 Å². The molecule has 0 aliphatic carbocycles. The molecule has 0 saturated heterocycles. The SMILES string of the molecule is CCCOc1cc(C)c(CC(C)N)cc1C. The fourth-order valence-corrected chi connectivity index (χ4v) is 1.78. The van der Waals surface area contributed by atoms with Gasteiger partial charge in [-0.15, -0.1) is 0 Å². The summed E-state index contributed by atoms with van der Waals surface area (Å²) in [7, 11) is 0. The summed E-state index contributed by atoms with van der Waals surface area (Å²) >= 11 is 0. The average Bonchev–Trinajstić information content (AvgIpc) is 2.20. The fourth-order valence-electron chi connectivity index (χ4n) is 1.78. The van der Waals surface area contributed by atoms with Crippen LogP contribution >= 0.6 is 0 Å². The molecule has 0 amide bonds. The zero-order valence-electron chi connectivity index (χ0n) is 10.8. The monoisotopic (exact) mass is 221 g/mol. The third-order valence-corrected chi connectivity index (χ3v) is 2.64. The van der Waals surface area contributed by atoms with Gasteiger partial charge in [-0.25, -0.2) is 0 Å². The van der Waals surface area contributed by atoms with Crippen LogP contribution in [0.3, 0.4) is 0 Å². The Bertz CT molecular complexity index is 345. The van der Waals surface area contributed by atoms with Gasteiger partial charge >= 0.3 is 0 Å². The molecule has 2 nitrogen and oxygen atoms in total. The van der Waals surface area contributed by atoms with Crippen LogP contribution in [0.25, 0.3) is 0 Å². The molecule has 0 aliphatic heterocycles. The summed E-state index contributed by atoms with van der Waals surface area (Å²) < 4.78 is 5.70. The van der Waals surface area contributed by atoms with Gasteiger partial charge in [-0.2, -0.15) is 0 Å². The Labute approximate surface area is 98.8 Å². The fraction of sp³-hybridized carbons (Fsp3) is 0.571. The summed E-state index contributed by atoms with van der Waals surface area (Å²) in [6.07, 6.45) is 1.97. The summed E-state index contributed by atoms with van der Waals surface area (Å²) in [5.41, 5.74) is 9.64. The first-order valence-electron chi connectivity index (χ1n) is 6.03. The van der Waals surface area contributed by atoms with Crippen molar-refractivity contribution < 1.29 is 4.74 Å². The standard InChI is InChI=1S/C14H23NO/c1-5-6-16-14-8-10(2)13(7-11(14)3)9-12(4)15/h7-8,12H,5-6,9,15H2,1-4H3. The highest BCUT2D eigenvalue weighted by atomic mass is 16.5. The Balaban J connectivity index is 2.88. The largest absolute Gasteiger partial charge is 0.493 e. The minimum Gasteiger partial charge on any atom is -0.493 e. The number of benzene rings is 1. The topological polar surface area (TPSA) is 35.2 Å². The highest BCUT2D eigenvalue weighted by Gasteiger charge is 2.07. The molecule has 1 unspecified atom stereocenters. The van der Waals surface area contributed by atoms with Crippen molar-refractivity contribution in [1.82, 2.24) is 0 Å². The minimum absolute atomic E-state index is 0.209. The van der Waals surface area contributed by atoms with Gasteiger partial charge in [0.1, 0.15) is 5.75 Å². The van der Waals surface area contributed by atoms with Gasteiger partial charge in [0.25, 0.3) is 0 Å². The van der Waals surface area contributed by atoms with Crippen molar-refractivity contribution in [2.75, 3.05) is 6.61 Å². The van der Waals surface area contributed by atoms with Gasteiger partial charge in [0, 0.05) is 6.04 Å². The van der Waals surface area contributed by atoms with Crippen LogP contribution in [0.1, 0.15) is 37.0 Å². The van der Waals surface area contributed by atoms with E-state index < -0.39 is 0 Å². The Morgan fingerprint density at radius 2 is 1.94 bits per heavy atom. The molecule has 2 N–H and O–H groups in total. The second kappa shape index (κ2) is 5.90. The van der Waals surface area contributed by atoms with Crippen LogP contribution in [0, 0.1) is 13.8 Å². The zero-order valence-corrected chi connectivity index (χ0v) is 10.8. The molecule has 16 heavy (non-hydrogen) atoms. The van der Waals surface area contributed by atoms with E-state index in [4.69, 9.17) is 10.5 Å². The van der Waals surface area contributed by atoms with Crippen molar-refractivity contribution in [3.05, 3.63) is 28.8 Å². The van der Waals surface area contributed by atoms with Crippen molar-refractivity contribution >= 4 is 0 Å². The summed E-state index contributed by atoms with van der Waals surface area (Å²) in [5.74, 6) is 1.01. The molecule has 1 atom stereocenters. The van der Waals surface area contributed by atoms with Gasteiger partial charge in [-0.3, -0.25) is 0 Å². The van der Waals surface area contributed by atoms with Crippen LogP contribution in [-0.4, -0.2) is 12.6 Å². The van der Waals surface area contributed by atoms with Gasteiger partial charge in [0.05, 0.1) is 6.61 Å². The maximum Gasteiger partial charge on any atom is 0.122 e. The Kier molecular flexibility index (Phi) is 4.81. The molecule has 0 fully saturated rings. The first kappa shape index (κ1) is 13.0. The van der Waals surface area contributed by atoms with E-state index in [0.717, 1.165) is 25.2 Å². The van der Waals surface area contributed by atoms with Gasteiger partial charge in [-0.1, -0.05) is 13.0 Å². The van der Waals surface area contributed by atoms with E-state index in [0.29, 0.717) is 0 Å². The van der Waals surface area contributed by atoms with E-state index in [1.165, 1.54) is 16.7 Å². The van der Waals surface area contributed by atoms with Crippen LogP contribution in [0.15, 0.2) is 12.1 Å². The highest BCUT2D eigenvalue weighted by Crippen LogP contribution is 2.23. The minimum atomic E-state index is 0.209. The molecular formula is C14H23NO. The zero-order chi connectivity index (χ0) is 12.1. The normalized spacial score (nSPS) is 12.6. The van der Waals surface area contributed by atoms with E-state index in [1.807, 2.05) is 6.92 Å². The first-order valence-corrected chi connectivity index (χ1v) is 6.03. The van der Waals surface area contributed by atoms with Crippen molar-refractivity contribution in [3.8, 4) is 5.75 Å². The molecule has 90 valence electrons. The second-order valence-electron chi connectivity index (χ2n) is 4.57. The third kappa shape index (κ3) is 3.53. The predicted octanol–water partition coefficient (Wildman–Crippen LogP) is 2.98. The molecule has 0 bridgehead atoms. The maximum atomic E-state index is 5.83. The predicted molar refractivity (Wildman–Crippen MR) is 69.1 cm³/mol. The number of hydrogen-bond donors (Lipinski definition) is 1. The number of nitrogens with two attached hydrogens (primary N) is 1. The third-order valence-electron chi connectivity index (χ3n) is 2.64. The van der Waals surface area contributed by atoms with E-state index in [-0.39, 0.29) is 6.04 Å². The first-order chi connectivity index (χ1) is 7.54. The molecular weight excluding hydrogens is 198 g/mol. The van der Waals surface area contributed by atoms with Gasteiger partial charge in [-0.05, 0) is 56.4 Å². The van der Waals surface area contributed by atoms with Crippen LogP contribution in [-0.2, 0) is 6.42 Å². The van der Waals surface area contributed by atoms with Gasteiger partial charge in [0.2, 0.25) is 0 Å². The molecule has 1 rings (SSSR count). The average molecular weight is 221 g/mol. The molecule has 0 heterocycles. The van der Waals surface area contributed by atoms with Crippen LogP contribution in [0.2, 0.25) is 0 Å². The molecule has 0 radical (unpaired) electrons. The van der Waals surface area contributed by atoms with Crippen molar-refractivity contribution in [2.45, 2.75) is 46.6 Å². The van der Waals surface area contributed by atoms with E-state index in [1.54, 1.807) is 0 Å².